The number of ether oxygens (including phenoxy) is 2. The molecular weight excluding hydrogens is 330 g/mol. The highest BCUT2D eigenvalue weighted by Crippen LogP contribution is 2.48. The van der Waals surface area contributed by atoms with Gasteiger partial charge in [0.2, 0.25) is 0 Å². The number of nitrogens with zero attached hydrogens (tertiary/aromatic N) is 5. The number of rotatable bonds is 5. The average Bonchev–Trinajstić information content (AvgIpc) is 3.07. The monoisotopic (exact) mass is 363 g/mol. The van der Waals surface area contributed by atoms with Crippen LogP contribution in [0.15, 0.2) is 6.33 Å². The van der Waals surface area contributed by atoms with E-state index >= 15 is 0 Å². The van der Waals surface area contributed by atoms with Gasteiger partial charge in [0.05, 0.1) is 26.4 Å². The van der Waals surface area contributed by atoms with E-state index in [1.165, 1.54) is 25.7 Å². The van der Waals surface area contributed by atoms with Crippen LogP contribution in [0.2, 0.25) is 0 Å². The fourth-order valence-electron chi connectivity index (χ4n) is 5.43. The molecule has 0 spiro atoms. The van der Waals surface area contributed by atoms with Crippen LogP contribution in [0.25, 0.3) is 0 Å². The predicted octanol–water partition coefficient (Wildman–Crippen LogP) is 1.15. The van der Waals surface area contributed by atoms with Crippen LogP contribution < -0.4 is 0 Å². The van der Waals surface area contributed by atoms with E-state index in [2.05, 4.69) is 20.0 Å². The van der Waals surface area contributed by atoms with E-state index in [1.807, 2.05) is 18.7 Å². The summed E-state index contributed by atoms with van der Waals surface area (Å²) in [5.41, 5.74) is 0.300. The molecule has 0 amide bonds. The van der Waals surface area contributed by atoms with E-state index < -0.39 is 0 Å². The molecule has 4 rings (SSSR count). The minimum atomic E-state index is 0.300. The molecule has 1 aromatic heterocycles. The molecule has 3 aliphatic rings. The maximum Gasteiger partial charge on any atom is 0.146 e. The van der Waals surface area contributed by atoms with Crippen LogP contribution in [0.1, 0.15) is 31.5 Å². The zero-order chi connectivity index (χ0) is 18.0. The third kappa shape index (κ3) is 3.67. The third-order valence-corrected chi connectivity index (χ3v) is 6.89. The average molecular weight is 364 g/mol. The van der Waals surface area contributed by atoms with Crippen LogP contribution in [-0.4, -0.2) is 83.7 Å². The molecule has 2 saturated heterocycles. The first-order valence-electron chi connectivity index (χ1n) is 10.1. The SMILES string of the molecule is COC[C@]12CC[C@H](N3CCOCC3)C[C@@H]1CCN(Cc1nncn1C)C2. The Labute approximate surface area is 156 Å². The van der Waals surface area contributed by atoms with Gasteiger partial charge >= 0.3 is 0 Å². The van der Waals surface area contributed by atoms with Crippen molar-refractivity contribution in [3.63, 3.8) is 0 Å². The van der Waals surface area contributed by atoms with Crippen molar-refractivity contribution in [2.75, 3.05) is 53.1 Å². The lowest BCUT2D eigenvalue weighted by Gasteiger charge is -2.54. The Bertz CT molecular complexity index is 588. The Morgan fingerprint density at radius 2 is 2.12 bits per heavy atom. The van der Waals surface area contributed by atoms with E-state index in [-0.39, 0.29) is 0 Å². The normalized spacial score (nSPS) is 33.9. The summed E-state index contributed by atoms with van der Waals surface area (Å²) < 4.78 is 13.3. The first-order chi connectivity index (χ1) is 12.7. The number of piperidine rings is 1. The quantitative estimate of drug-likeness (QED) is 0.782. The number of methoxy groups -OCH3 is 1. The molecule has 2 aliphatic heterocycles. The number of morpholine rings is 1. The second-order valence-electron chi connectivity index (χ2n) is 8.43. The van der Waals surface area contributed by atoms with Crippen LogP contribution in [0.4, 0.5) is 0 Å². The van der Waals surface area contributed by atoms with Gasteiger partial charge in [-0.25, -0.2) is 0 Å². The summed E-state index contributed by atoms with van der Waals surface area (Å²) in [6, 6.07) is 0.735. The van der Waals surface area contributed by atoms with E-state index in [9.17, 15) is 0 Å². The number of aryl methyl sites for hydroxylation is 1. The van der Waals surface area contributed by atoms with Crippen molar-refractivity contribution >= 4 is 0 Å². The number of fused-ring (bicyclic) bond motifs is 1. The van der Waals surface area contributed by atoms with Gasteiger partial charge in [0.1, 0.15) is 12.2 Å². The summed E-state index contributed by atoms with van der Waals surface area (Å²) in [6.45, 7) is 8.04. The molecule has 3 atom stereocenters. The molecule has 3 heterocycles. The minimum Gasteiger partial charge on any atom is -0.384 e. The zero-order valence-corrected chi connectivity index (χ0v) is 16.3. The lowest BCUT2D eigenvalue weighted by molar-refractivity contribution is -0.0875. The molecule has 0 unspecified atom stereocenters. The molecule has 1 aromatic rings. The van der Waals surface area contributed by atoms with Crippen LogP contribution in [0.5, 0.6) is 0 Å². The number of likely N-dealkylation sites (tertiary alicyclic amines) is 1. The smallest absolute Gasteiger partial charge is 0.146 e. The largest absolute Gasteiger partial charge is 0.384 e. The Morgan fingerprint density at radius 3 is 2.85 bits per heavy atom. The highest BCUT2D eigenvalue weighted by molar-refractivity contribution is 5.00. The second kappa shape index (κ2) is 7.92. The lowest BCUT2D eigenvalue weighted by Crippen LogP contribution is -2.57. The van der Waals surface area contributed by atoms with Gasteiger partial charge in [-0.1, -0.05) is 0 Å². The molecule has 0 N–H and O–H groups in total. The van der Waals surface area contributed by atoms with Crippen molar-refractivity contribution in [2.24, 2.45) is 18.4 Å². The highest BCUT2D eigenvalue weighted by Gasteiger charge is 2.48. The van der Waals surface area contributed by atoms with Gasteiger partial charge in [-0.2, -0.15) is 0 Å². The van der Waals surface area contributed by atoms with Crippen molar-refractivity contribution in [1.82, 2.24) is 24.6 Å². The van der Waals surface area contributed by atoms with Crippen LogP contribution in [-0.2, 0) is 23.1 Å². The van der Waals surface area contributed by atoms with Crippen molar-refractivity contribution < 1.29 is 9.47 Å². The van der Waals surface area contributed by atoms with Gasteiger partial charge < -0.3 is 14.0 Å². The molecular formula is C19H33N5O2. The van der Waals surface area contributed by atoms with Crippen molar-refractivity contribution in [3.8, 4) is 0 Å². The lowest BCUT2D eigenvalue weighted by atomic mass is 9.62. The van der Waals surface area contributed by atoms with Gasteiger partial charge in [0, 0.05) is 45.2 Å². The molecule has 0 radical (unpaired) electrons. The van der Waals surface area contributed by atoms with Crippen LogP contribution >= 0.6 is 0 Å². The summed E-state index contributed by atoms with van der Waals surface area (Å²) in [5.74, 6) is 1.82. The standard InChI is InChI=1S/C19H33N5O2/c1-22-15-20-21-18(22)12-23-6-4-16-11-17(24-7-9-26-10-8-24)3-5-19(16,13-23)14-25-2/h15-17H,3-14H2,1-2H3/t16-,17-,19+/m0/s1. The van der Waals surface area contributed by atoms with Crippen LogP contribution in [0, 0.1) is 11.3 Å². The summed E-state index contributed by atoms with van der Waals surface area (Å²) in [6.07, 6.45) is 6.93. The van der Waals surface area contributed by atoms with Crippen molar-refractivity contribution in [1.29, 1.82) is 0 Å². The van der Waals surface area contributed by atoms with Gasteiger partial charge in [-0.15, -0.1) is 10.2 Å². The third-order valence-electron chi connectivity index (χ3n) is 6.89. The van der Waals surface area contributed by atoms with Gasteiger partial charge in [-0.3, -0.25) is 9.80 Å². The summed E-state index contributed by atoms with van der Waals surface area (Å²) in [7, 11) is 3.89. The van der Waals surface area contributed by atoms with E-state index in [4.69, 9.17) is 9.47 Å². The maximum atomic E-state index is 5.74. The molecule has 0 bridgehead atoms. The molecule has 146 valence electrons. The minimum absolute atomic E-state index is 0.300. The molecule has 1 aliphatic carbocycles. The molecule has 7 nitrogen and oxygen atoms in total. The summed E-state index contributed by atoms with van der Waals surface area (Å²) in [4.78, 5) is 5.24. The molecule has 1 saturated carbocycles. The molecule has 7 heteroatoms. The topological polar surface area (TPSA) is 55.7 Å². The first kappa shape index (κ1) is 18.3. The van der Waals surface area contributed by atoms with Crippen molar-refractivity contribution in [2.45, 2.75) is 38.3 Å². The molecule has 26 heavy (non-hydrogen) atoms. The van der Waals surface area contributed by atoms with Crippen molar-refractivity contribution in [3.05, 3.63) is 12.2 Å². The van der Waals surface area contributed by atoms with Gasteiger partial charge in [0.25, 0.3) is 0 Å². The Morgan fingerprint density at radius 1 is 1.27 bits per heavy atom. The number of hydrogen-bond donors (Lipinski definition) is 0. The predicted molar refractivity (Wildman–Crippen MR) is 98.7 cm³/mol. The van der Waals surface area contributed by atoms with E-state index in [0.29, 0.717) is 5.41 Å². The zero-order valence-electron chi connectivity index (χ0n) is 16.3. The highest BCUT2D eigenvalue weighted by atomic mass is 16.5. The Balaban J connectivity index is 1.43. The maximum absolute atomic E-state index is 5.74. The Hall–Kier alpha value is -1.02. The second-order valence-corrected chi connectivity index (χ2v) is 8.43. The fourth-order valence-corrected chi connectivity index (χ4v) is 5.43. The molecule has 0 aromatic carbocycles. The number of aromatic nitrogens is 3. The summed E-state index contributed by atoms with van der Waals surface area (Å²) >= 11 is 0. The first-order valence-corrected chi connectivity index (χ1v) is 10.1. The Kier molecular flexibility index (Phi) is 5.59. The van der Waals surface area contributed by atoms with Gasteiger partial charge in [-0.05, 0) is 38.1 Å². The summed E-state index contributed by atoms with van der Waals surface area (Å²) in [5, 5.41) is 8.31. The fraction of sp³-hybridized carbons (Fsp3) is 0.895. The molecule has 3 fully saturated rings. The van der Waals surface area contributed by atoms with E-state index in [1.54, 1.807) is 6.33 Å². The van der Waals surface area contributed by atoms with E-state index in [0.717, 1.165) is 70.3 Å². The number of hydrogen-bond acceptors (Lipinski definition) is 6. The van der Waals surface area contributed by atoms with Crippen LogP contribution in [0.3, 0.4) is 0 Å². The van der Waals surface area contributed by atoms with Gasteiger partial charge in [0.15, 0.2) is 0 Å².